The fraction of sp³-hybridized carbons (Fsp3) is 0.458. The summed E-state index contributed by atoms with van der Waals surface area (Å²) in [7, 11) is 0. The first-order valence-electron chi connectivity index (χ1n) is 10.4. The minimum atomic E-state index is -1.12. The summed E-state index contributed by atoms with van der Waals surface area (Å²) >= 11 is 0. The number of carbonyl (C=O) groups excluding carboxylic acids is 1. The molecule has 0 fully saturated rings. The number of hydrogen-bond donors (Lipinski definition) is 5. The molecule has 0 saturated heterocycles. The molecule has 2 aromatic rings. The van der Waals surface area contributed by atoms with Crippen LogP contribution in [0.4, 0.5) is 0 Å². The van der Waals surface area contributed by atoms with Crippen LogP contribution >= 0.6 is 0 Å². The van der Waals surface area contributed by atoms with Gasteiger partial charge in [-0.3, -0.25) is 0 Å². The number of rotatable bonds is 12. The van der Waals surface area contributed by atoms with E-state index in [2.05, 4.69) is 0 Å². The lowest BCUT2D eigenvalue weighted by Crippen LogP contribution is -2.22. The number of hydrogen-bond acceptors (Lipinski definition) is 8. The predicted molar refractivity (Wildman–Crippen MR) is 117 cm³/mol. The van der Waals surface area contributed by atoms with Gasteiger partial charge in [0.05, 0.1) is 31.0 Å². The second-order valence-electron chi connectivity index (χ2n) is 8.34. The molecular formula is C24H32O8. The summed E-state index contributed by atoms with van der Waals surface area (Å²) in [5.41, 5.74) is 1.50. The van der Waals surface area contributed by atoms with Gasteiger partial charge in [0.2, 0.25) is 0 Å². The van der Waals surface area contributed by atoms with Gasteiger partial charge < -0.3 is 35.0 Å². The Balaban J connectivity index is 1.82. The molecule has 3 unspecified atom stereocenters. The monoisotopic (exact) mass is 448 g/mol. The number of ether oxygens (including phenoxy) is 2. The molecule has 0 bridgehead atoms. The molecule has 3 atom stereocenters. The van der Waals surface area contributed by atoms with Crippen LogP contribution in [0, 0.1) is 0 Å². The first-order valence-corrected chi connectivity index (χ1v) is 10.4. The number of benzene rings is 2. The average molecular weight is 449 g/mol. The molecule has 0 saturated carbocycles. The van der Waals surface area contributed by atoms with Crippen LogP contribution in [0.3, 0.4) is 0 Å². The first kappa shape index (κ1) is 25.8. The van der Waals surface area contributed by atoms with E-state index in [9.17, 15) is 25.2 Å². The van der Waals surface area contributed by atoms with Crippen LogP contribution in [0.1, 0.15) is 47.9 Å². The Morgan fingerprint density at radius 3 is 2.09 bits per heavy atom. The van der Waals surface area contributed by atoms with Crippen molar-refractivity contribution in [3.05, 3.63) is 65.2 Å². The van der Waals surface area contributed by atoms with E-state index >= 15 is 0 Å². The standard InChI is InChI=1S/C24H32O8/c1-24(2,15-26)18-7-3-16(4-8-18)22(29)11-19(27)13-31-21-9-5-17(6-10-21)23(30)32-14-20(28)12-25/h3-10,19-20,22,25-29H,11-15H2,1-2H3. The van der Waals surface area contributed by atoms with Crippen molar-refractivity contribution in [2.75, 3.05) is 26.4 Å². The molecule has 32 heavy (non-hydrogen) atoms. The molecular weight excluding hydrogens is 416 g/mol. The van der Waals surface area contributed by atoms with Crippen molar-refractivity contribution in [3.8, 4) is 5.75 Å². The number of esters is 1. The molecule has 0 aliphatic carbocycles. The molecule has 0 heterocycles. The van der Waals surface area contributed by atoms with Gasteiger partial charge in [0.1, 0.15) is 25.1 Å². The molecule has 0 aromatic heterocycles. The molecule has 8 nitrogen and oxygen atoms in total. The third kappa shape index (κ3) is 7.58. The highest BCUT2D eigenvalue weighted by Gasteiger charge is 2.20. The van der Waals surface area contributed by atoms with E-state index in [1.807, 2.05) is 26.0 Å². The van der Waals surface area contributed by atoms with Crippen molar-refractivity contribution in [2.24, 2.45) is 0 Å². The van der Waals surface area contributed by atoms with Crippen LogP contribution in [0.5, 0.6) is 5.75 Å². The smallest absolute Gasteiger partial charge is 0.338 e. The van der Waals surface area contributed by atoms with Crippen molar-refractivity contribution < 1.29 is 39.8 Å². The number of carbonyl (C=O) groups is 1. The highest BCUT2D eigenvalue weighted by Crippen LogP contribution is 2.26. The summed E-state index contributed by atoms with van der Waals surface area (Å²) in [6.07, 6.45) is -2.82. The highest BCUT2D eigenvalue weighted by molar-refractivity contribution is 5.89. The molecule has 0 spiro atoms. The van der Waals surface area contributed by atoms with E-state index in [0.29, 0.717) is 11.3 Å². The molecule has 0 amide bonds. The van der Waals surface area contributed by atoms with Crippen LogP contribution < -0.4 is 4.74 Å². The Labute approximate surface area is 187 Å². The van der Waals surface area contributed by atoms with Gasteiger partial charge in [0, 0.05) is 11.8 Å². The second-order valence-corrected chi connectivity index (χ2v) is 8.34. The Morgan fingerprint density at radius 2 is 1.53 bits per heavy atom. The largest absolute Gasteiger partial charge is 0.491 e. The number of aliphatic hydroxyl groups is 5. The molecule has 5 N–H and O–H groups in total. The lowest BCUT2D eigenvalue weighted by molar-refractivity contribution is 0.00931. The van der Waals surface area contributed by atoms with Crippen LogP contribution in [-0.2, 0) is 10.2 Å². The van der Waals surface area contributed by atoms with Gasteiger partial charge >= 0.3 is 5.97 Å². The van der Waals surface area contributed by atoms with E-state index < -0.39 is 30.9 Å². The summed E-state index contributed by atoms with van der Waals surface area (Å²) < 4.78 is 10.4. The third-order valence-electron chi connectivity index (χ3n) is 5.12. The van der Waals surface area contributed by atoms with E-state index in [0.717, 1.165) is 5.56 Å². The Kier molecular flexibility index (Phi) is 9.61. The third-order valence-corrected chi connectivity index (χ3v) is 5.12. The van der Waals surface area contributed by atoms with Gasteiger partial charge in [-0.2, -0.15) is 0 Å². The van der Waals surface area contributed by atoms with Crippen molar-refractivity contribution in [1.82, 2.24) is 0 Å². The molecule has 0 radical (unpaired) electrons. The van der Waals surface area contributed by atoms with Crippen molar-refractivity contribution in [1.29, 1.82) is 0 Å². The zero-order valence-corrected chi connectivity index (χ0v) is 18.3. The van der Waals surface area contributed by atoms with E-state index in [-0.39, 0.29) is 37.2 Å². The normalized spacial score (nSPS) is 14.5. The fourth-order valence-corrected chi connectivity index (χ4v) is 2.90. The number of aliphatic hydroxyl groups excluding tert-OH is 5. The summed E-state index contributed by atoms with van der Waals surface area (Å²) in [6, 6.07) is 13.3. The lowest BCUT2D eigenvalue weighted by atomic mass is 9.85. The zero-order chi connectivity index (χ0) is 23.7. The lowest BCUT2D eigenvalue weighted by Gasteiger charge is -2.23. The van der Waals surface area contributed by atoms with Crippen molar-refractivity contribution >= 4 is 5.97 Å². The second kappa shape index (κ2) is 11.9. The minimum absolute atomic E-state index is 0.0138. The summed E-state index contributed by atoms with van der Waals surface area (Å²) in [5.74, 6) is -0.207. The molecule has 8 heteroatoms. The highest BCUT2D eigenvalue weighted by atomic mass is 16.5. The van der Waals surface area contributed by atoms with E-state index in [1.54, 1.807) is 24.3 Å². The molecule has 0 aliphatic heterocycles. The van der Waals surface area contributed by atoms with Gasteiger partial charge in [-0.05, 0) is 35.4 Å². The maximum atomic E-state index is 11.9. The van der Waals surface area contributed by atoms with E-state index in [1.165, 1.54) is 12.1 Å². The van der Waals surface area contributed by atoms with Crippen molar-refractivity contribution in [3.63, 3.8) is 0 Å². The summed E-state index contributed by atoms with van der Waals surface area (Å²) in [6.45, 7) is 3.03. The molecule has 2 rings (SSSR count). The van der Waals surface area contributed by atoms with Gasteiger partial charge in [-0.15, -0.1) is 0 Å². The average Bonchev–Trinajstić information content (AvgIpc) is 2.81. The zero-order valence-electron chi connectivity index (χ0n) is 18.3. The van der Waals surface area contributed by atoms with Crippen LogP contribution in [0.15, 0.2) is 48.5 Å². The van der Waals surface area contributed by atoms with Crippen LogP contribution in [-0.4, -0.2) is 70.1 Å². The van der Waals surface area contributed by atoms with Gasteiger partial charge in [0.25, 0.3) is 0 Å². The quantitative estimate of drug-likeness (QED) is 0.307. The topological polar surface area (TPSA) is 137 Å². The van der Waals surface area contributed by atoms with Gasteiger partial charge in [-0.1, -0.05) is 38.1 Å². The van der Waals surface area contributed by atoms with Gasteiger partial charge in [-0.25, -0.2) is 4.79 Å². The maximum absolute atomic E-state index is 11.9. The summed E-state index contributed by atoms with van der Waals surface area (Å²) in [4.78, 5) is 11.9. The Morgan fingerprint density at radius 1 is 0.906 bits per heavy atom. The minimum Gasteiger partial charge on any atom is -0.491 e. The van der Waals surface area contributed by atoms with Crippen molar-refractivity contribution in [2.45, 2.75) is 44.0 Å². The molecule has 0 aliphatic rings. The first-order chi connectivity index (χ1) is 15.2. The van der Waals surface area contributed by atoms with Crippen LogP contribution in [0.25, 0.3) is 0 Å². The molecule has 2 aromatic carbocycles. The Bertz CT molecular complexity index is 832. The Hall–Kier alpha value is -2.49. The predicted octanol–water partition coefficient (Wildman–Crippen LogP) is 1.33. The van der Waals surface area contributed by atoms with Crippen LogP contribution in [0.2, 0.25) is 0 Å². The SMILES string of the molecule is CC(C)(CO)c1ccc(C(O)CC(O)COc2ccc(C(=O)OCC(O)CO)cc2)cc1. The molecule has 176 valence electrons. The fourth-order valence-electron chi connectivity index (χ4n) is 2.90. The van der Waals surface area contributed by atoms with E-state index in [4.69, 9.17) is 14.6 Å². The van der Waals surface area contributed by atoms with Gasteiger partial charge in [0.15, 0.2) is 0 Å². The maximum Gasteiger partial charge on any atom is 0.338 e. The summed E-state index contributed by atoms with van der Waals surface area (Å²) in [5, 5.41) is 48.0.